The number of rotatable bonds is 9. The van der Waals surface area contributed by atoms with E-state index in [1.54, 1.807) is 28.8 Å². The maximum Gasteiger partial charge on any atom is 0.233 e. The van der Waals surface area contributed by atoms with Gasteiger partial charge in [-0.15, -0.1) is 21.5 Å². The highest BCUT2D eigenvalue weighted by Crippen LogP contribution is 2.18. The zero-order valence-electron chi connectivity index (χ0n) is 16.6. The first-order chi connectivity index (χ1) is 14.7. The Morgan fingerprint density at radius 3 is 2.87 bits per heavy atom. The van der Waals surface area contributed by atoms with Crippen molar-refractivity contribution in [1.82, 2.24) is 29.4 Å². The first kappa shape index (κ1) is 20.4. The number of benzene rings is 1. The van der Waals surface area contributed by atoms with Gasteiger partial charge >= 0.3 is 0 Å². The summed E-state index contributed by atoms with van der Waals surface area (Å²) < 4.78 is 3.82. The van der Waals surface area contributed by atoms with Crippen LogP contribution in [0.5, 0.6) is 0 Å². The Kier molecular flexibility index (Phi) is 6.60. The Labute approximate surface area is 183 Å². The molecule has 0 aliphatic heterocycles. The van der Waals surface area contributed by atoms with Crippen LogP contribution in [0.4, 0.5) is 0 Å². The lowest BCUT2D eigenvalue weighted by molar-refractivity contribution is -0.127. The van der Waals surface area contributed by atoms with Gasteiger partial charge in [-0.05, 0) is 30.0 Å². The van der Waals surface area contributed by atoms with Gasteiger partial charge in [-0.25, -0.2) is 4.68 Å². The van der Waals surface area contributed by atoms with Crippen LogP contribution in [-0.4, -0.2) is 48.2 Å². The third kappa shape index (κ3) is 5.17. The van der Waals surface area contributed by atoms with Crippen LogP contribution >= 0.6 is 23.1 Å². The Hall–Kier alpha value is -2.91. The van der Waals surface area contributed by atoms with Gasteiger partial charge < -0.3 is 9.47 Å². The second-order valence-corrected chi connectivity index (χ2v) is 8.78. The number of aryl methyl sites for hydroxylation is 2. The second kappa shape index (κ2) is 9.73. The Balaban J connectivity index is 1.28. The smallest absolute Gasteiger partial charge is 0.233 e. The van der Waals surface area contributed by atoms with Crippen LogP contribution in [0.15, 0.2) is 71.7 Å². The largest absolute Gasteiger partial charge is 0.341 e. The molecule has 0 N–H and O–H groups in total. The fourth-order valence-electron chi connectivity index (χ4n) is 2.96. The molecule has 4 aromatic rings. The highest BCUT2D eigenvalue weighted by atomic mass is 32.2. The molecule has 30 heavy (non-hydrogen) atoms. The van der Waals surface area contributed by atoms with Crippen LogP contribution in [0.1, 0.15) is 10.4 Å². The standard InChI is InChI=1S/C21H22N6OS2/c1-25(13-17-12-23-27(14-17)18-6-3-2-4-7-18)20(28)15-30-21-24-22-16-26(21)10-9-19-8-5-11-29-19/h2-8,11-12,14,16H,9-10,13,15H2,1H3. The molecule has 4 rings (SSSR count). The molecule has 7 nitrogen and oxygen atoms in total. The average Bonchev–Trinajstić information content (AvgIpc) is 3.53. The summed E-state index contributed by atoms with van der Waals surface area (Å²) in [4.78, 5) is 15.6. The topological polar surface area (TPSA) is 68.8 Å². The van der Waals surface area contributed by atoms with Gasteiger partial charge in [0.05, 0.1) is 17.6 Å². The third-order valence-corrected chi connectivity index (χ3v) is 6.49. The first-order valence-electron chi connectivity index (χ1n) is 9.55. The molecular formula is C21H22N6OS2. The number of nitrogens with zero attached hydrogens (tertiary/aromatic N) is 6. The minimum atomic E-state index is 0.0419. The van der Waals surface area contributed by atoms with Crippen LogP contribution in [0.3, 0.4) is 0 Å². The lowest BCUT2D eigenvalue weighted by Crippen LogP contribution is -2.27. The molecule has 1 amide bonds. The zero-order chi connectivity index (χ0) is 20.8. The predicted octanol–water partition coefficient (Wildman–Crippen LogP) is 3.52. The number of para-hydroxylation sites is 1. The maximum absolute atomic E-state index is 12.6. The van der Waals surface area contributed by atoms with Gasteiger partial charge in [-0.3, -0.25) is 4.79 Å². The van der Waals surface area contributed by atoms with Crippen molar-refractivity contribution >= 4 is 29.0 Å². The number of thioether (sulfide) groups is 1. The molecule has 0 radical (unpaired) electrons. The van der Waals surface area contributed by atoms with Gasteiger partial charge in [0.15, 0.2) is 5.16 Å². The fourth-order valence-corrected chi connectivity index (χ4v) is 4.54. The molecule has 0 saturated carbocycles. The lowest BCUT2D eigenvalue weighted by Gasteiger charge is -2.15. The summed E-state index contributed by atoms with van der Waals surface area (Å²) in [6.45, 7) is 1.32. The number of carbonyl (C=O) groups excluding carboxylic acids is 1. The van der Waals surface area contributed by atoms with Gasteiger partial charge in [0.1, 0.15) is 6.33 Å². The number of thiophene rings is 1. The van der Waals surface area contributed by atoms with Gasteiger partial charge in [0, 0.05) is 36.8 Å². The highest BCUT2D eigenvalue weighted by Gasteiger charge is 2.14. The Bertz CT molecular complexity index is 1070. The Morgan fingerprint density at radius 1 is 1.20 bits per heavy atom. The van der Waals surface area contributed by atoms with Crippen LogP contribution < -0.4 is 0 Å². The van der Waals surface area contributed by atoms with Crippen molar-refractivity contribution in [3.63, 3.8) is 0 Å². The predicted molar refractivity (Wildman–Crippen MR) is 119 cm³/mol. The minimum Gasteiger partial charge on any atom is -0.341 e. The normalized spacial score (nSPS) is 11.0. The molecule has 3 aromatic heterocycles. The Morgan fingerprint density at radius 2 is 2.07 bits per heavy atom. The number of hydrogen-bond donors (Lipinski definition) is 0. The van der Waals surface area contributed by atoms with E-state index in [0.717, 1.165) is 29.4 Å². The lowest BCUT2D eigenvalue weighted by atomic mass is 10.3. The summed E-state index contributed by atoms with van der Waals surface area (Å²) in [6.07, 6.45) is 6.41. The first-order valence-corrected chi connectivity index (χ1v) is 11.4. The quantitative estimate of drug-likeness (QED) is 0.374. The van der Waals surface area contributed by atoms with E-state index in [1.165, 1.54) is 16.6 Å². The van der Waals surface area contributed by atoms with Crippen LogP contribution in [0.2, 0.25) is 0 Å². The molecule has 0 bridgehead atoms. The maximum atomic E-state index is 12.6. The van der Waals surface area contributed by atoms with Crippen LogP contribution in [0.25, 0.3) is 5.69 Å². The van der Waals surface area contributed by atoms with E-state index in [1.807, 2.05) is 52.8 Å². The van der Waals surface area contributed by atoms with E-state index in [0.29, 0.717) is 12.3 Å². The van der Waals surface area contributed by atoms with Crippen molar-refractivity contribution in [2.24, 2.45) is 0 Å². The van der Waals surface area contributed by atoms with Gasteiger partial charge in [-0.1, -0.05) is 36.0 Å². The van der Waals surface area contributed by atoms with E-state index in [2.05, 4.69) is 32.8 Å². The summed E-state index contributed by atoms with van der Waals surface area (Å²) in [5, 5.41) is 15.4. The van der Waals surface area contributed by atoms with E-state index < -0.39 is 0 Å². The van der Waals surface area contributed by atoms with Crippen LogP contribution in [-0.2, 0) is 24.3 Å². The van der Waals surface area contributed by atoms with Crippen molar-refractivity contribution in [2.75, 3.05) is 12.8 Å². The third-order valence-electron chi connectivity index (χ3n) is 4.59. The molecule has 0 spiro atoms. The molecule has 0 fully saturated rings. The molecule has 1 aromatic carbocycles. The van der Waals surface area contributed by atoms with E-state index in [9.17, 15) is 4.79 Å². The molecule has 0 aliphatic carbocycles. The van der Waals surface area contributed by atoms with Gasteiger partial charge in [0.25, 0.3) is 0 Å². The fraction of sp³-hybridized carbons (Fsp3) is 0.238. The average molecular weight is 439 g/mol. The molecule has 9 heteroatoms. The molecule has 0 saturated heterocycles. The number of amides is 1. The van der Waals surface area contributed by atoms with Crippen molar-refractivity contribution in [2.45, 2.75) is 24.7 Å². The molecule has 154 valence electrons. The number of hydrogen-bond acceptors (Lipinski definition) is 6. The highest BCUT2D eigenvalue weighted by molar-refractivity contribution is 7.99. The number of aromatic nitrogens is 5. The molecular weight excluding hydrogens is 416 g/mol. The van der Waals surface area contributed by atoms with Crippen molar-refractivity contribution in [1.29, 1.82) is 0 Å². The van der Waals surface area contributed by atoms with E-state index in [-0.39, 0.29) is 5.91 Å². The second-order valence-electron chi connectivity index (χ2n) is 6.80. The van der Waals surface area contributed by atoms with E-state index in [4.69, 9.17) is 0 Å². The van der Waals surface area contributed by atoms with E-state index >= 15 is 0 Å². The molecule has 0 atom stereocenters. The summed E-state index contributed by atoms with van der Waals surface area (Å²) in [5.41, 5.74) is 1.98. The SMILES string of the molecule is CN(Cc1cnn(-c2ccccc2)c1)C(=O)CSc1nncn1CCc1cccs1. The summed E-state index contributed by atoms with van der Waals surface area (Å²) in [6, 6.07) is 14.1. The summed E-state index contributed by atoms with van der Waals surface area (Å²) in [7, 11) is 1.81. The van der Waals surface area contributed by atoms with Crippen molar-refractivity contribution in [3.8, 4) is 5.69 Å². The monoisotopic (exact) mass is 438 g/mol. The van der Waals surface area contributed by atoms with Gasteiger partial charge in [-0.2, -0.15) is 5.10 Å². The van der Waals surface area contributed by atoms with Crippen molar-refractivity contribution in [3.05, 3.63) is 77.0 Å². The van der Waals surface area contributed by atoms with Crippen molar-refractivity contribution < 1.29 is 4.79 Å². The molecule has 0 aliphatic rings. The van der Waals surface area contributed by atoms with Crippen LogP contribution in [0, 0.1) is 0 Å². The number of carbonyl (C=O) groups is 1. The molecule has 3 heterocycles. The zero-order valence-corrected chi connectivity index (χ0v) is 18.2. The van der Waals surface area contributed by atoms with Gasteiger partial charge in [0.2, 0.25) is 5.91 Å². The minimum absolute atomic E-state index is 0.0419. The summed E-state index contributed by atoms with van der Waals surface area (Å²) >= 11 is 3.17. The summed E-state index contributed by atoms with van der Waals surface area (Å²) in [5.74, 6) is 0.362. The molecule has 0 unspecified atom stereocenters.